The second-order valence-corrected chi connectivity index (χ2v) is 6.51. The highest BCUT2D eigenvalue weighted by atomic mass is 16.5. The molecule has 0 saturated carbocycles. The van der Waals surface area contributed by atoms with Crippen LogP contribution >= 0.6 is 0 Å². The number of imidazole rings is 1. The number of fused-ring (bicyclic) bond motifs is 1. The Kier molecular flexibility index (Phi) is 4.31. The molecule has 0 spiro atoms. The van der Waals surface area contributed by atoms with Crippen LogP contribution in [0.5, 0.6) is 0 Å². The van der Waals surface area contributed by atoms with Crippen molar-refractivity contribution in [2.24, 2.45) is 4.99 Å². The van der Waals surface area contributed by atoms with Gasteiger partial charge in [0.05, 0.1) is 12.3 Å². The second-order valence-electron chi connectivity index (χ2n) is 6.51. The van der Waals surface area contributed by atoms with Crippen LogP contribution in [-0.4, -0.2) is 51.8 Å². The molecule has 0 radical (unpaired) electrons. The van der Waals surface area contributed by atoms with Gasteiger partial charge in [0.25, 0.3) is 0 Å². The van der Waals surface area contributed by atoms with E-state index in [4.69, 9.17) is 15.1 Å². The topological polar surface area (TPSA) is 90.2 Å². The summed E-state index contributed by atoms with van der Waals surface area (Å²) in [4.78, 5) is 19.1. The van der Waals surface area contributed by atoms with E-state index in [1.165, 1.54) is 5.56 Å². The summed E-state index contributed by atoms with van der Waals surface area (Å²) in [5.74, 6) is 1.94. The molecule has 4 heterocycles. The molecule has 7 heteroatoms. The van der Waals surface area contributed by atoms with Gasteiger partial charge >= 0.3 is 0 Å². The predicted molar refractivity (Wildman–Crippen MR) is 95.2 cm³/mol. The van der Waals surface area contributed by atoms with Crippen molar-refractivity contribution in [3.63, 3.8) is 0 Å². The minimum absolute atomic E-state index is 0.287. The number of nitrogens with zero attached hydrogens (tertiary/aromatic N) is 4. The molecule has 25 heavy (non-hydrogen) atoms. The van der Waals surface area contributed by atoms with E-state index in [0.29, 0.717) is 6.61 Å². The number of aromatic nitrogens is 3. The first-order valence-corrected chi connectivity index (χ1v) is 8.65. The normalized spacial score (nSPS) is 20.6. The molecule has 2 N–H and O–H groups in total. The van der Waals surface area contributed by atoms with Gasteiger partial charge < -0.3 is 14.6 Å². The molecule has 7 nitrogen and oxygen atoms in total. The standard InChI is InChI=1S/C18H22N6O/c1-12-22-16(14-5-8-25-10-14)17(23-12)18(21-11-19)24-7-4-15-13(9-24)3-2-6-20-15/h2-3,6,11,14,19H,4-5,7-10H2,1H3,(H,22,23)/b19-11?,21-18+/t14-/m0/s1. The van der Waals surface area contributed by atoms with Gasteiger partial charge in [0.2, 0.25) is 0 Å². The van der Waals surface area contributed by atoms with Crippen LogP contribution in [0, 0.1) is 12.3 Å². The Labute approximate surface area is 146 Å². The van der Waals surface area contributed by atoms with Crippen molar-refractivity contribution in [1.82, 2.24) is 19.9 Å². The second kappa shape index (κ2) is 6.76. The Morgan fingerprint density at radius 3 is 3.24 bits per heavy atom. The molecule has 1 fully saturated rings. The lowest BCUT2D eigenvalue weighted by Crippen LogP contribution is -2.38. The van der Waals surface area contributed by atoms with Gasteiger partial charge in [0, 0.05) is 43.9 Å². The van der Waals surface area contributed by atoms with Gasteiger partial charge in [-0.25, -0.2) is 9.98 Å². The van der Waals surface area contributed by atoms with Crippen molar-refractivity contribution in [1.29, 1.82) is 5.41 Å². The van der Waals surface area contributed by atoms with Crippen LogP contribution in [0.2, 0.25) is 0 Å². The minimum Gasteiger partial charge on any atom is -0.381 e. The maximum Gasteiger partial charge on any atom is 0.156 e. The highest BCUT2D eigenvalue weighted by Gasteiger charge is 2.29. The molecule has 0 bridgehead atoms. The summed E-state index contributed by atoms with van der Waals surface area (Å²) in [6, 6.07) is 4.08. The summed E-state index contributed by atoms with van der Waals surface area (Å²) in [6.07, 6.45) is 4.81. The number of hydrogen-bond acceptors (Lipinski definition) is 4. The molecule has 1 saturated heterocycles. The number of rotatable bonds is 3. The fraction of sp³-hybridized carbons (Fsp3) is 0.444. The van der Waals surface area contributed by atoms with Crippen LogP contribution in [0.15, 0.2) is 23.3 Å². The number of aromatic amines is 1. The smallest absolute Gasteiger partial charge is 0.156 e. The molecular weight excluding hydrogens is 316 g/mol. The first-order chi connectivity index (χ1) is 12.3. The van der Waals surface area contributed by atoms with Crippen molar-refractivity contribution in [3.8, 4) is 0 Å². The minimum atomic E-state index is 0.287. The average Bonchev–Trinajstić information content (AvgIpc) is 3.28. The van der Waals surface area contributed by atoms with Crippen molar-refractivity contribution < 1.29 is 4.74 Å². The highest BCUT2D eigenvalue weighted by molar-refractivity contribution is 6.01. The van der Waals surface area contributed by atoms with E-state index in [1.807, 2.05) is 19.2 Å². The lowest BCUT2D eigenvalue weighted by atomic mass is 10.0. The van der Waals surface area contributed by atoms with Crippen LogP contribution in [0.3, 0.4) is 0 Å². The molecule has 130 valence electrons. The lowest BCUT2D eigenvalue weighted by Gasteiger charge is -2.30. The number of aryl methyl sites for hydroxylation is 1. The molecule has 2 aromatic rings. The van der Waals surface area contributed by atoms with E-state index in [1.54, 1.807) is 0 Å². The van der Waals surface area contributed by atoms with Gasteiger partial charge in [-0.15, -0.1) is 0 Å². The number of ether oxygens (including phenoxy) is 1. The fourth-order valence-corrected chi connectivity index (χ4v) is 3.64. The van der Waals surface area contributed by atoms with E-state index < -0.39 is 0 Å². The number of pyridine rings is 1. The molecule has 2 aromatic heterocycles. The summed E-state index contributed by atoms with van der Waals surface area (Å²) in [5, 5.41) is 7.52. The van der Waals surface area contributed by atoms with Crippen molar-refractivity contribution in [2.45, 2.75) is 32.2 Å². The lowest BCUT2D eigenvalue weighted by molar-refractivity contribution is 0.193. The van der Waals surface area contributed by atoms with Crippen LogP contribution in [0.25, 0.3) is 0 Å². The largest absolute Gasteiger partial charge is 0.381 e. The number of H-pyrrole nitrogens is 1. The molecule has 2 aliphatic rings. The SMILES string of the molecule is Cc1nc([C@H]2CCOC2)c(/C(=N\C=N)N2CCc3ncccc3C2)[nH]1. The van der Waals surface area contributed by atoms with Crippen LogP contribution < -0.4 is 0 Å². The van der Waals surface area contributed by atoms with E-state index in [9.17, 15) is 0 Å². The van der Waals surface area contributed by atoms with Gasteiger partial charge in [-0.05, 0) is 25.0 Å². The van der Waals surface area contributed by atoms with E-state index in [-0.39, 0.29) is 5.92 Å². The summed E-state index contributed by atoms with van der Waals surface area (Å²) in [7, 11) is 0. The molecule has 0 aromatic carbocycles. The first-order valence-electron chi connectivity index (χ1n) is 8.65. The predicted octanol–water partition coefficient (Wildman–Crippen LogP) is 2.03. The van der Waals surface area contributed by atoms with Gasteiger partial charge in [-0.1, -0.05) is 6.07 Å². The monoisotopic (exact) mass is 338 g/mol. The third kappa shape index (κ3) is 3.07. The Bertz CT molecular complexity index is 806. The van der Waals surface area contributed by atoms with E-state index >= 15 is 0 Å². The van der Waals surface area contributed by atoms with Crippen molar-refractivity contribution in [2.75, 3.05) is 19.8 Å². The quantitative estimate of drug-likeness (QED) is 0.662. The fourth-order valence-electron chi connectivity index (χ4n) is 3.64. The highest BCUT2D eigenvalue weighted by Crippen LogP contribution is 2.28. The maximum atomic E-state index is 7.52. The number of aliphatic imine (C=N–C) groups is 1. The third-order valence-corrected chi connectivity index (χ3v) is 4.84. The summed E-state index contributed by atoms with van der Waals surface area (Å²) in [6.45, 7) is 5.00. The Morgan fingerprint density at radius 1 is 1.52 bits per heavy atom. The van der Waals surface area contributed by atoms with Gasteiger partial charge in [0.15, 0.2) is 5.84 Å². The van der Waals surface area contributed by atoms with Crippen LogP contribution in [0.4, 0.5) is 0 Å². The number of hydrogen-bond donors (Lipinski definition) is 2. The Balaban J connectivity index is 1.69. The van der Waals surface area contributed by atoms with Crippen molar-refractivity contribution >= 4 is 12.2 Å². The Morgan fingerprint density at radius 2 is 2.44 bits per heavy atom. The van der Waals surface area contributed by atoms with E-state index in [0.717, 1.165) is 67.6 Å². The van der Waals surface area contributed by atoms with E-state index in [2.05, 4.69) is 25.9 Å². The molecule has 2 aliphatic heterocycles. The third-order valence-electron chi connectivity index (χ3n) is 4.84. The zero-order valence-corrected chi connectivity index (χ0v) is 14.3. The van der Waals surface area contributed by atoms with Gasteiger partial charge in [0.1, 0.15) is 17.9 Å². The number of nitrogens with one attached hydrogen (secondary N) is 2. The number of amidine groups is 1. The summed E-state index contributed by atoms with van der Waals surface area (Å²) < 4.78 is 5.55. The Hall–Kier alpha value is -2.54. The maximum absolute atomic E-state index is 7.52. The summed E-state index contributed by atoms with van der Waals surface area (Å²) >= 11 is 0. The first kappa shape index (κ1) is 16.0. The average molecular weight is 338 g/mol. The molecular formula is C18H22N6O. The van der Waals surface area contributed by atoms with Gasteiger partial charge in [-0.2, -0.15) is 0 Å². The summed E-state index contributed by atoms with van der Waals surface area (Å²) in [5.41, 5.74) is 4.29. The molecule has 0 aliphatic carbocycles. The van der Waals surface area contributed by atoms with Gasteiger partial charge in [-0.3, -0.25) is 10.4 Å². The molecule has 1 atom stereocenters. The zero-order chi connectivity index (χ0) is 17.2. The molecule has 0 unspecified atom stereocenters. The van der Waals surface area contributed by atoms with Crippen LogP contribution in [-0.2, 0) is 17.7 Å². The molecule has 4 rings (SSSR count). The van der Waals surface area contributed by atoms with Crippen LogP contribution in [0.1, 0.15) is 40.8 Å². The van der Waals surface area contributed by atoms with Crippen molar-refractivity contribution in [3.05, 3.63) is 46.8 Å². The zero-order valence-electron chi connectivity index (χ0n) is 14.3. The molecule has 0 amide bonds.